The molecule has 0 spiro atoms. The Bertz CT molecular complexity index is 1100. The van der Waals surface area contributed by atoms with Crippen LogP contribution in [0.2, 0.25) is 0 Å². The van der Waals surface area contributed by atoms with E-state index in [2.05, 4.69) is 24.3 Å². The zero-order chi connectivity index (χ0) is 13.1. The summed E-state index contributed by atoms with van der Waals surface area (Å²) in [5.74, 6) is 0. The zero-order valence-corrected chi connectivity index (χ0v) is 10.6. The summed E-state index contributed by atoms with van der Waals surface area (Å²) in [5.41, 5.74) is 1.86. The van der Waals surface area contributed by atoms with Gasteiger partial charge in [-0.25, -0.2) is 0 Å². The summed E-state index contributed by atoms with van der Waals surface area (Å²) >= 11 is 0. The maximum atomic E-state index is 5.73. The summed E-state index contributed by atoms with van der Waals surface area (Å²) in [7, 11) is 0. The molecule has 0 saturated heterocycles. The molecule has 0 unspecified atom stereocenters. The predicted molar refractivity (Wildman–Crippen MR) is 81.0 cm³/mol. The molecule has 0 saturated carbocycles. The van der Waals surface area contributed by atoms with Crippen LogP contribution in [0.4, 0.5) is 0 Å². The summed E-state index contributed by atoms with van der Waals surface area (Å²) in [6, 6.07) is 16.6. The quantitative estimate of drug-likeness (QED) is 0.343. The van der Waals surface area contributed by atoms with Crippen molar-refractivity contribution in [3.63, 3.8) is 0 Å². The van der Waals surface area contributed by atoms with Gasteiger partial charge in [0, 0.05) is 21.5 Å². The Morgan fingerprint density at radius 1 is 0.550 bits per heavy atom. The first kappa shape index (κ1) is 10.1. The first-order valence-corrected chi connectivity index (χ1v) is 6.61. The highest BCUT2D eigenvalue weighted by molar-refractivity contribution is 6.29. The third-order valence-corrected chi connectivity index (χ3v) is 4.03. The van der Waals surface area contributed by atoms with Gasteiger partial charge >= 0.3 is 0 Å². The van der Waals surface area contributed by atoms with E-state index in [0.717, 1.165) is 27.3 Å². The fourth-order valence-corrected chi connectivity index (χ4v) is 3.19. The van der Waals surface area contributed by atoms with Gasteiger partial charge in [0.15, 0.2) is 0 Å². The number of fused-ring (bicyclic) bond motifs is 8. The molecular weight excluding hydrogens is 248 g/mol. The van der Waals surface area contributed by atoms with Crippen molar-refractivity contribution in [3.05, 3.63) is 61.1 Å². The molecule has 0 amide bonds. The van der Waals surface area contributed by atoms with E-state index in [0.29, 0.717) is 0 Å². The average molecular weight is 258 g/mol. The van der Waals surface area contributed by atoms with Crippen LogP contribution in [0.3, 0.4) is 0 Å². The van der Waals surface area contributed by atoms with Gasteiger partial charge in [-0.1, -0.05) is 24.3 Å². The monoisotopic (exact) mass is 258 g/mol. The molecule has 2 heteroatoms. The molecule has 20 heavy (non-hydrogen) atoms. The van der Waals surface area contributed by atoms with Crippen molar-refractivity contribution < 1.29 is 8.83 Å². The molecule has 0 bridgehead atoms. The molecule has 0 radical (unpaired) electrons. The van der Waals surface area contributed by atoms with Crippen LogP contribution in [-0.4, -0.2) is 0 Å². The van der Waals surface area contributed by atoms with Crippen LogP contribution in [0.15, 0.2) is 69.9 Å². The van der Waals surface area contributed by atoms with Crippen LogP contribution >= 0.6 is 0 Å². The number of hydrogen-bond acceptors (Lipinski definition) is 2. The molecule has 2 nitrogen and oxygen atoms in total. The van der Waals surface area contributed by atoms with Crippen LogP contribution in [0.5, 0.6) is 0 Å². The van der Waals surface area contributed by atoms with E-state index in [1.54, 1.807) is 12.5 Å². The largest absolute Gasteiger partial charge is 0.464 e. The lowest BCUT2D eigenvalue weighted by Gasteiger charge is -2.06. The molecule has 94 valence electrons. The molecule has 0 fully saturated rings. The van der Waals surface area contributed by atoms with E-state index >= 15 is 0 Å². The van der Waals surface area contributed by atoms with Gasteiger partial charge in [0.25, 0.3) is 0 Å². The van der Waals surface area contributed by atoms with Gasteiger partial charge in [-0.2, -0.15) is 0 Å². The Balaban J connectivity index is 2.27. The van der Waals surface area contributed by atoms with E-state index in [9.17, 15) is 0 Å². The van der Waals surface area contributed by atoms with Crippen LogP contribution in [0.1, 0.15) is 0 Å². The Morgan fingerprint density at radius 2 is 1.35 bits per heavy atom. The number of hydrogen-bond donors (Lipinski definition) is 0. The molecule has 0 aliphatic rings. The van der Waals surface area contributed by atoms with E-state index in [4.69, 9.17) is 8.83 Å². The average Bonchev–Trinajstić information content (AvgIpc) is 3.15. The molecule has 5 aromatic rings. The Kier molecular flexibility index (Phi) is 1.73. The summed E-state index contributed by atoms with van der Waals surface area (Å²) in [6.45, 7) is 0. The smallest absolute Gasteiger partial charge is 0.142 e. The van der Waals surface area contributed by atoms with Crippen molar-refractivity contribution in [2.75, 3.05) is 0 Å². The molecule has 5 rings (SSSR count). The minimum atomic E-state index is 0.912. The van der Waals surface area contributed by atoms with Gasteiger partial charge < -0.3 is 8.83 Å². The van der Waals surface area contributed by atoms with E-state index in [1.807, 2.05) is 24.3 Å². The third-order valence-electron chi connectivity index (χ3n) is 4.03. The van der Waals surface area contributed by atoms with E-state index in [-0.39, 0.29) is 0 Å². The molecule has 0 aliphatic heterocycles. The molecular formula is C18H10O2. The first-order valence-electron chi connectivity index (χ1n) is 6.61. The summed E-state index contributed by atoms with van der Waals surface area (Å²) in [4.78, 5) is 0. The van der Waals surface area contributed by atoms with Gasteiger partial charge in [-0.3, -0.25) is 0 Å². The molecule has 0 atom stereocenters. The van der Waals surface area contributed by atoms with Gasteiger partial charge in [-0.15, -0.1) is 0 Å². The van der Waals surface area contributed by atoms with Gasteiger partial charge in [0.2, 0.25) is 0 Å². The fraction of sp³-hybridized carbons (Fsp3) is 0. The Hall–Kier alpha value is -2.74. The van der Waals surface area contributed by atoms with Crippen LogP contribution < -0.4 is 0 Å². The maximum Gasteiger partial charge on any atom is 0.142 e. The van der Waals surface area contributed by atoms with Crippen molar-refractivity contribution in [2.24, 2.45) is 0 Å². The van der Waals surface area contributed by atoms with Gasteiger partial charge in [0.05, 0.1) is 12.5 Å². The molecule has 2 aromatic heterocycles. The highest BCUT2D eigenvalue weighted by Gasteiger charge is 2.13. The maximum absolute atomic E-state index is 5.73. The van der Waals surface area contributed by atoms with E-state index in [1.165, 1.54) is 16.2 Å². The molecule has 0 aliphatic carbocycles. The molecule has 3 aromatic carbocycles. The SMILES string of the molecule is c1ccc2c(c1)c1ccc3occc3c1c1ccoc21. The van der Waals surface area contributed by atoms with Crippen LogP contribution in [-0.2, 0) is 0 Å². The fourth-order valence-electron chi connectivity index (χ4n) is 3.19. The highest BCUT2D eigenvalue weighted by Crippen LogP contribution is 2.39. The lowest BCUT2D eigenvalue weighted by atomic mass is 9.96. The zero-order valence-electron chi connectivity index (χ0n) is 10.6. The Morgan fingerprint density at radius 3 is 2.30 bits per heavy atom. The molecule has 2 heterocycles. The van der Waals surface area contributed by atoms with Crippen molar-refractivity contribution in [1.29, 1.82) is 0 Å². The van der Waals surface area contributed by atoms with Crippen molar-refractivity contribution in [1.82, 2.24) is 0 Å². The standard InChI is InChI=1S/C18H10O2/c1-2-4-13-11(3-1)12-5-6-16-14(7-9-19-16)17(12)15-8-10-20-18(13)15/h1-10H. The van der Waals surface area contributed by atoms with Crippen LogP contribution in [0.25, 0.3) is 43.5 Å². The van der Waals surface area contributed by atoms with Crippen molar-refractivity contribution in [2.45, 2.75) is 0 Å². The normalized spacial score (nSPS) is 12.0. The summed E-state index contributed by atoms with van der Waals surface area (Å²) in [6.07, 6.45) is 3.50. The lowest BCUT2D eigenvalue weighted by molar-refractivity contribution is 0.616. The second-order valence-corrected chi connectivity index (χ2v) is 5.03. The summed E-state index contributed by atoms with van der Waals surface area (Å²) in [5, 5.41) is 7.10. The van der Waals surface area contributed by atoms with Crippen molar-refractivity contribution in [3.8, 4) is 0 Å². The molecule has 0 N–H and O–H groups in total. The van der Waals surface area contributed by atoms with Crippen molar-refractivity contribution >= 4 is 43.5 Å². The van der Waals surface area contributed by atoms with Crippen LogP contribution in [0, 0.1) is 0 Å². The summed E-state index contributed by atoms with van der Waals surface area (Å²) < 4.78 is 11.3. The number of rotatable bonds is 0. The lowest BCUT2D eigenvalue weighted by Crippen LogP contribution is -1.80. The highest BCUT2D eigenvalue weighted by atomic mass is 16.3. The van der Waals surface area contributed by atoms with Gasteiger partial charge in [0.1, 0.15) is 11.2 Å². The Labute approximate surface area is 114 Å². The topological polar surface area (TPSA) is 26.3 Å². The second-order valence-electron chi connectivity index (χ2n) is 5.03. The predicted octanol–water partition coefficient (Wildman–Crippen LogP) is 5.49. The minimum absolute atomic E-state index is 0.912. The number of benzene rings is 3. The third kappa shape index (κ3) is 1.09. The van der Waals surface area contributed by atoms with E-state index < -0.39 is 0 Å². The number of furan rings is 2. The van der Waals surface area contributed by atoms with Gasteiger partial charge in [-0.05, 0) is 35.0 Å². The second kappa shape index (κ2) is 3.42. The first-order chi connectivity index (χ1) is 9.93. The minimum Gasteiger partial charge on any atom is -0.464 e.